The Morgan fingerprint density at radius 1 is 1.14 bits per heavy atom. The van der Waals surface area contributed by atoms with E-state index < -0.39 is 0 Å². The lowest BCUT2D eigenvalue weighted by Crippen LogP contribution is -2.44. The van der Waals surface area contributed by atoms with Crippen molar-refractivity contribution in [3.63, 3.8) is 0 Å². The Kier molecular flexibility index (Phi) is 6.72. The Balaban J connectivity index is 1.59. The van der Waals surface area contributed by atoms with Gasteiger partial charge in [0.15, 0.2) is 0 Å². The van der Waals surface area contributed by atoms with Crippen LogP contribution in [0.3, 0.4) is 0 Å². The molecule has 1 N–H and O–H groups in total. The molecule has 118 valence electrons. The normalized spacial score (nSPS) is 23.0. The second-order valence-electron chi connectivity index (χ2n) is 6.51. The minimum Gasteiger partial charge on any atom is -0.311 e. The third-order valence-electron chi connectivity index (χ3n) is 4.94. The summed E-state index contributed by atoms with van der Waals surface area (Å²) in [6, 6.07) is 12.4. The molecule has 0 amide bonds. The van der Waals surface area contributed by atoms with Crippen LogP contribution in [0, 0.1) is 0 Å². The first kappa shape index (κ1) is 16.5. The van der Waals surface area contributed by atoms with Gasteiger partial charge in [0.2, 0.25) is 0 Å². The van der Waals surface area contributed by atoms with Crippen molar-refractivity contribution in [2.75, 3.05) is 19.6 Å². The molecule has 1 aromatic carbocycles. The summed E-state index contributed by atoms with van der Waals surface area (Å²) in [5, 5.41) is 3.81. The van der Waals surface area contributed by atoms with Crippen LogP contribution in [0.25, 0.3) is 0 Å². The Morgan fingerprint density at radius 3 is 2.43 bits per heavy atom. The third kappa shape index (κ3) is 5.12. The average molecular weight is 288 g/mol. The molecule has 2 nitrogen and oxygen atoms in total. The van der Waals surface area contributed by atoms with Gasteiger partial charge in [-0.2, -0.15) is 0 Å². The minimum absolute atomic E-state index is 0.655. The first-order valence-corrected chi connectivity index (χ1v) is 8.76. The van der Waals surface area contributed by atoms with E-state index in [4.69, 9.17) is 0 Å². The molecule has 0 aliphatic heterocycles. The summed E-state index contributed by atoms with van der Waals surface area (Å²) < 4.78 is 0. The number of rotatable bonds is 9. The van der Waals surface area contributed by atoms with Crippen molar-refractivity contribution < 1.29 is 0 Å². The highest BCUT2D eigenvalue weighted by atomic mass is 15.1. The first-order chi connectivity index (χ1) is 10.2. The first-order valence-electron chi connectivity index (χ1n) is 8.76. The molecule has 0 radical (unpaired) electrons. The fourth-order valence-corrected chi connectivity index (χ4v) is 3.40. The van der Waals surface area contributed by atoms with Gasteiger partial charge < -0.3 is 10.2 Å². The van der Waals surface area contributed by atoms with Gasteiger partial charge in [-0.25, -0.2) is 0 Å². The van der Waals surface area contributed by atoms with Crippen LogP contribution < -0.4 is 5.32 Å². The van der Waals surface area contributed by atoms with Crippen LogP contribution in [-0.2, 0) is 0 Å². The fourth-order valence-electron chi connectivity index (χ4n) is 3.40. The Hall–Kier alpha value is -0.860. The summed E-state index contributed by atoms with van der Waals surface area (Å²) in [5.74, 6) is 0.784. The Morgan fingerprint density at radius 2 is 1.81 bits per heavy atom. The van der Waals surface area contributed by atoms with E-state index in [0.29, 0.717) is 6.04 Å². The molecule has 1 unspecified atom stereocenters. The van der Waals surface area contributed by atoms with Gasteiger partial charge >= 0.3 is 0 Å². The van der Waals surface area contributed by atoms with E-state index in [9.17, 15) is 0 Å². The van der Waals surface area contributed by atoms with E-state index in [1.165, 1.54) is 50.9 Å². The molecule has 1 atom stereocenters. The lowest BCUT2D eigenvalue weighted by Gasteiger charge is -2.38. The van der Waals surface area contributed by atoms with E-state index in [-0.39, 0.29) is 0 Å². The lowest BCUT2D eigenvalue weighted by molar-refractivity contribution is 0.252. The highest BCUT2D eigenvalue weighted by Crippen LogP contribution is 2.36. The second kappa shape index (κ2) is 8.55. The number of nitrogens with one attached hydrogen (secondary N) is 1. The van der Waals surface area contributed by atoms with Gasteiger partial charge in [0.05, 0.1) is 0 Å². The molecule has 2 heteroatoms. The molecular formula is C19H32N2. The molecule has 1 aliphatic rings. The number of hydrogen-bond donors (Lipinski definition) is 1. The monoisotopic (exact) mass is 288 g/mol. The van der Waals surface area contributed by atoms with Gasteiger partial charge in [0.25, 0.3) is 0 Å². The van der Waals surface area contributed by atoms with Crippen LogP contribution in [0.15, 0.2) is 30.3 Å². The van der Waals surface area contributed by atoms with Crippen molar-refractivity contribution >= 4 is 0 Å². The molecule has 0 bridgehead atoms. The summed E-state index contributed by atoms with van der Waals surface area (Å²) in [6.45, 7) is 10.5. The van der Waals surface area contributed by atoms with Crippen LogP contribution in [0.5, 0.6) is 0 Å². The SMILES string of the molecule is CCN(CC)CCCC(C)NC1CC(c2ccccc2)C1. The molecule has 2 rings (SSSR count). The van der Waals surface area contributed by atoms with Crippen molar-refractivity contribution in [3.05, 3.63) is 35.9 Å². The van der Waals surface area contributed by atoms with Crippen molar-refractivity contribution in [1.82, 2.24) is 10.2 Å². The van der Waals surface area contributed by atoms with Gasteiger partial charge in [-0.3, -0.25) is 0 Å². The van der Waals surface area contributed by atoms with Gasteiger partial charge in [-0.05, 0) is 63.7 Å². The van der Waals surface area contributed by atoms with Crippen molar-refractivity contribution in [2.24, 2.45) is 0 Å². The smallest absolute Gasteiger partial charge is 0.00812 e. The largest absolute Gasteiger partial charge is 0.311 e. The minimum atomic E-state index is 0.655. The maximum atomic E-state index is 3.81. The van der Waals surface area contributed by atoms with Gasteiger partial charge in [-0.1, -0.05) is 44.2 Å². The van der Waals surface area contributed by atoms with Crippen LogP contribution >= 0.6 is 0 Å². The molecule has 1 saturated carbocycles. The van der Waals surface area contributed by atoms with E-state index in [1.54, 1.807) is 0 Å². The van der Waals surface area contributed by atoms with E-state index >= 15 is 0 Å². The fraction of sp³-hybridized carbons (Fsp3) is 0.684. The summed E-state index contributed by atoms with van der Waals surface area (Å²) in [7, 11) is 0. The molecule has 1 aromatic rings. The van der Waals surface area contributed by atoms with Crippen LogP contribution in [0.2, 0.25) is 0 Å². The highest BCUT2D eigenvalue weighted by molar-refractivity contribution is 5.22. The summed E-state index contributed by atoms with van der Waals surface area (Å²) in [5.41, 5.74) is 1.52. The zero-order valence-corrected chi connectivity index (χ0v) is 14.0. The highest BCUT2D eigenvalue weighted by Gasteiger charge is 2.30. The van der Waals surface area contributed by atoms with Crippen molar-refractivity contribution in [1.29, 1.82) is 0 Å². The predicted molar refractivity (Wildman–Crippen MR) is 91.8 cm³/mol. The third-order valence-corrected chi connectivity index (χ3v) is 4.94. The van der Waals surface area contributed by atoms with Gasteiger partial charge in [-0.15, -0.1) is 0 Å². The van der Waals surface area contributed by atoms with Crippen molar-refractivity contribution in [2.45, 2.75) is 64.5 Å². The second-order valence-corrected chi connectivity index (χ2v) is 6.51. The summed E-state index contributed by atoms with van der Waals surface area (Å²) in [4.78, 5) is 2.52. The van der Waals surface area contributed by atoms with E-state index in [1.807, 2.05) is 0 Å². The molecule has 0 aromatic heterocycles. The Bertz CT molecular complexity index is 380. The van der Waals surface area contributed by atoms with Crippen molar-refractivity contribution in [3.8, 4) is 0 Å². The zero-order valence-electron chi connectivity index (χ0n) is 14.0. The molecule has 1 fully saturated rings. The van der Waals surface area contributed by atoms with Crippen LogP contribution in [0.1, 0.15) is 57.9 Å². The number of hydrogen-bond acceptors (Lipinski definition) is 2. The summed E-state index contributed by atoms with van der Waals surface area (Å²) >= 11 is 0. The molecule has 1 aliphatic carbocycles. The molecule has 0 heterocycles. The van der Waals surface area contributed by atoms with Gasteiger partial charge in [0.1, 0.15) is 0 Å². The number of nitrogens with zero attached hydrogens (tertiary/aromatic N) is 1. The van der Waals surface area contributed by atoms with Gasteiger partial charge in [0, 0.05) is 12.1 Å². The molecule has 0 saturated heterocycles. The number of benzene rings is 1. The van der Waals surface area contributed by atoms with Crippen LogP contribution in [0.4, 0.5) is 0 Å². The average Bonchev–Trinajstić information content (AvgIpc) is 2.48. The maximum absolute atomic E-state index is 3.81. The van der Waals surface area contributed by atoms with E-state index in [2.05, 4.69) is 61.3 Å². The standard InChI is InChI=1S/C19H32N2/c1-4-21(5-2)13-9-10-16(3)20-19-14-18(15-19)17-11-7-6-8-12-17/h6-8,11-12,16,18-20H,4-5,9-10,13-15H2,1-3H3. The van der Waals surface area contributed by atoms with Crippen LogP contribution in [-0.4, -0.2) is 36.6 Å². The predicted octanol–water partition coefficient (Wildman–Crippen LogP) is 4.03. The molecular weight excluding hydrogens is 256 g/mol. The topological polar surface area (TPSA) is 15.3 Å². The zero-order chi connectivity index (χ0) is 15.1. The molecule has 21 heavy (non-hydrogen) atoms. The molecule has 0 spiro atoms. The van der Waals surface area contributed by atoms with E-state index in [0.717, 1.165) is 12.0 Å². The Labute approximate surface area is 130 Å². The summed E-state index contributed by atoms with van der Waals surface area (Å²) in [6.07, 6.45) is 5.22. The quantitative estimate of drug-likeness (QED) is 0.738. The lowest BCUT2D eigenvalue weighted by atomic mass is 9.75. The maximum Gasteiger partial charge on any atom is 0.00812 e.